The van der Waals surface area contributed by atoms with Crippen molar-refractivity contribution in [2.75, 3.05) is 19.6 Å². The van der Waals surface area contributed by atoms with E-state index in [0.29, 0.717) is 6.07 Å². The minimum absolute atomic E-state index is 0.310. The Hall–Kier alpha value is -1.69. The van der Waals surface area contributed by atoms with Crippen LogP contribution in [0.4, 0.5) is 14.5 Å². The molecule has 0 fully saturated rings. The molecule has 0 spiro atoms. The molecule has 0 aliphatic heterocycles. The molecule has 6 heteroatoms. The fraction of sp³-hybridized carbons (Fsp3) is 0.222. The highest BCUT2D eigenvalue weighted by atomic mass is 19.1. The molecule has 15 heavy (non-hydrogen) atoms. The van der Waals surface area contributed by atoms with E-state index in [2.05, 4.69) is 9.47 Å². The molecule has 0 amide bonds. The first-order valence-electron chi connectivity index (χ1n) is 3.97. The Morgan fingerprint density at radius 3 is 2.67 bits per heavy atom. The van der Waals surface area contributed by atoms with Crippen molar-refractivity contribution in [1.82, 2.24) is 0 Å². The van der Waals surface area contributed by atoms with Gasteiger partial charge in [-0.3, -0.25) is 0 Å². The van der Waals surface area contributed by atoms with Gasteiger partial charge in [-0.1, -0.05) is 0 Å². The van der Waals surface area contributed by atoms with Gasteiger partial charge >= 0.3 is 5.97 Å². The Balaban J connectivity index is 2.94. The summed E-state index contributed by atoms with van der Waals surface area (Å²) in [5, 5.41) is 0. The monoisotopic (exact) mass is 217 g/mol. The van der Waals surface area contributed by atoms with Crippen molar-refractivity contribution in [1.29, 1.82) is 0 Å². The number of anilines is 1. The maximum atomic E-state index is 13.1. The van der Waals surface area contributed by atoms with Crippen LogP contribution in [0.1, 0.15) is 10.4 Å². The van der Waals surface area contributed by atoms with Gasteiger partial charge in [0.25, 0.3) is 0 Å². The second-order valence-corrected chi connectivity index (χ2v) is 2.69. The van der Waals surface area contributed by atoms with Crippen LogP contribution in [0.3, 0.4) is 0 Å². The van der Waals surface area contributed by atoms with Crippen LogP contribution in [-0.2, 0) is 9.47 Å². The van der Waals surface area contributed by atoms with Gasteiger partial charge in [-0.2, -0.15) is 0 Å². The van der Waals surface area contributed by atoms with Gasteiger partial charge in [-0.25, -0.2) is 13.6 Å². The van der Waals surface area contributed by atoms with Crippen molar-refractivity contribution in [2.24, 2.45) is 0 Å². The SMILES string of the molecule is COCOC(=O)c1cc(N)c(F)cc1F. The number of nitrogen functional groups attached to an aromatic ring is 1. The summed E-state index contributed by atoms with van der Waals surface area (Å²) in [6.45, 7) is -0.310. The van der Waals surface area contributed by atoms with Crippen molar-refractivity contribution in [3.63, 3.8) is 0 Å². The van der Waals surface area contributed by atoms with Crippen molar-refractivity contribution < 1.29 is 23.0 Å². The van der Waals surface area contributed by atoms with Crippen LogP contribution in [0.15, 0.2) is 12.1 Å². The zero-order chi connectivity index (χ0) is 11.4. The Kier molecular flexibility index (Phi) is 3.56. The third kappa shape index (κ3) is 2.63. The first-order chi connectivity index (χ1) is 7.06. The van der Waals surface area contributed by atoms with E-state index in [1.807, 2.05) is 0 Å². The van der Waals surface area contributed by atoms with Crippen molar-refractivity contribution in [3.8, 4) is 0 Å². The molecule has 4 nitrogen and oxygen atoms in total. The zero-order valence-electron chi connectivity index (χ0n) is 7.92. The number of nitrogens with two attached hydrogens (primary N) is 1. The maximum absolute atomic E-state index is 13.1. The van der Waals surface area contributed by atoms with E-state index in [1.165, 1.54) is 7.11 Å². The van der Waals surface area contributed by atoms with Crippen LogP contribution < -0.4 is 5.73 Å². The highest BCUT2D eigenvalue weighted by molar-refractivity contribution is 5.90. The fourth-order valence-electron chi connectivity index (χ4n) is 0.912. The molecule has 1 rings (SSSR count). The molecule has 0 atom stereocenters. The summed E-state index contributed by atoms with van der Waals surface area (Å²) in [4.78, 5) is 11.2. The van der Waals surface area contributed by atoms with E-state index in [-0.39, 0.29) is 12.5 Å². The summed E-state index contributed by atoms with van der Waals surface area (Å²) in [5.41, 5.74) is 4.43. The van der Waals surface area contributed by atoms with E-state index in [0.717, 1.165) is 6.07 Å². The minimum Gasteiger partial charge on any atom is -0.435 e. The van der Waals surface area contributed by atoms with Crippen molar-refractivity contribution in [2.45, 2.75) is 0 Å². The highest BCUT2D eigenvalue weighted by Gasteiger charge is 2.15. The number of esters is 1. The molecule has 2 N–H and O–H groups in total. The number of hydrogen-bond acceptors (Lipinski definition) is 4. The average molecular weight is 217 g/mol. The number of halogens is 2. The summed E-state index contributed by atoms with van der Waals surface area (Å²) in [6, 6.07) is 1.40. The Labute approximate surface area is 84.6 Å². The first-order valence-corrected chi connectivity index (χ1v) is 3.97. The Morgan fingerprint density at radius 1 is 1.40 bits per heavy atom. The number of hydrogen-bond donors (Lipinski definition) is 1. The van der Waals surface area contributed by atoms with Gasteiger partial charge in [-0.15, -0.1) is 0 Å². The number of methoxy groups -OCH3 is 1. The Morgan fingerprint density at radius 2 is 2.07 bits per heavy atom. The quantitative estimate of drug-likeness (QED) is 0.471. The lowest BCUT2D eigenvalue weighted by molar-refractivity contribution is -0.0128. The van der Waals surface area contributed by atoms with Gasteiger partial charge in [0.1, 0.15) is 11.6 Å². The van der Waals surface area contributed by atoms with Crippen LogP contribution in [-0.4, -0.2) is 19.9 Å². The van der Waals surface area contributed by atoms with Crippen LogP contribution >= 0.6 is 0 Å². The zero-order valence-corrected chi connectivity index (χ0v) is 7.92. The molecule has 0 unspecified atom stereocenters. The second kappa shape index (κ2) is 4.70. The molecule has 0 radical (unpaired) electrons. The van der Waals surface area contributed by atoms with E-state index in [9.17, 15) is 13.6 Å². The van der Waals surface area contributed by atoms with Gasteiger partial charge in [-0.05, 0) is 6.07 Å². The molecule has 0 saturated carbocycles. The summed E-state index contributed by atoms with van der Waals surface area (Å²) in [7, 11) is 1.31. The van der Waals surface area contributed by atoms with E-state index in [1.54, 1.807) is 0 Å². The first kappa shape index (κ1) is 11.4. The number of carbonyl (C=O) groups is 1. The van der Waals surface area contributed by atoms with Crippen LogP contribution in [0, 0.1) is 11.6 Å². The largest absolute Gasteiger partial charge is 0.435 e. The lowest BCUT2D eigenvalue weighted by Gasteiger charge is -2.05. The number of carbonyl (C=O) groups excluding carboxylic acids is 1. The number of ether oxygens (including phenoxy) is 2. The number of rotatable bonds is 3. The molecular formula is C9H9F2NO3. The summed E-state index contributed by atoms with van der Waals surface area (Å²) in [5.74, 6) is -2.90. The molecule has 82 valence electrons. The lowest BCUT2D eigenvalue weighted by Crippen LogP contribution is -2.10. The normalized spacial score (nSPS) is 10.1. The van der Waals surface area contributed by atoms with E-state index >= 15 is 0 Å². The molecule has 0 saturated heterocycles. The predicted octanol–water partition coefficient (Wildman–Crippen LogP) is 1.31. The molecule has 0 bridgehead atoms. The molecule has 0 aromatic heterocycles. The van der Waals surface area contributed by atoms with Gasteiger partial charge in [0.05, 0.1) is 11.3 Å². The standard InChI is InChI=1S/C9H9F2NO3/c1-14-4-15-9(13)5-2-8(12)7(11)3-6(5)10/h2-3H,4,12H2,1H3. The third-order valence-corrected chi connectivity index (χ3v) is 1.61. The van der Waals surface area contributed by atoms with Crippen molar-refractivity contribution >= 4 is 11.7 Å². The summed E-state index contributed by atoms with van der Waals surface area (Å²) < 4.78 is 34.7. The third-order valence-electron chi connectivity index (χ3n) is 1.61. The van der Waals surface area contributed by atoms with Gasteiger partial charge in [0.2, 0.25) is 0 Å². The fourth-order valence-corrected chi connectivity index (χ4v) is 0.912. The minimum atomic E-state index is -1.03. The second-order valence-electron chi connectivity index (χ2n) is 2.69. The molecule has 0 aliphatic carbocycles. The number of benzene rings is 1. The van der Waals surface area contributed by atoms with Crippen LogP contribution in [0.25, 0.3) is 0 Å². The van der Waals surface area contributed by atoms with Gasteiger partial charge in [0.15, 0.2) is 6.79 Å². The topological polar surface area (TPSA) is 61.5 Å². The molecule has 1 aromatic carbocycles. The Bertz CT molecular complexity index is 382. The summed E-state index contributed by atoms with van der Waals surface area (Å²) >= 11 is 0. The predicted molar refractivity (Wildman–Crippen MR) is 48.1 cm³/mol. The van der Waals surface area contributed by atoms with Crippen LogP contribution in [0.5, 0.6) is 0 Å². The average Bonchev–Trinajstić information content (AvgIpc) is 2.20. The highest BCUT2D eigenvalue weighted by Crippen LogP contribution is 2.17. The van der Waals surface area contributed by atoms with E-state index in [4.69, 9.17) is 5.73 Å². The molecule has 0 heterocycles. The van der Waals surface area contributed by atoms with Gasteiger partial charge < -0.3 is 15.2 Å². The smallest absolute Gasteiger partial charge is 0.343 e. The summed E-state index contributed by atoms with van der Waals surface area (Å²) in [6.07, 6.45) is 0. The molecule has 1 aromatic rings. The van der Waals surface area contributed by atoms with Crippen molar-refractivity contribution in [3.05, 3.63) is 29.3 Å². The van der Waals surface area contributed by atoms with Gasteiger partial charge in [0, 0.05) is 13.2 Å². The van der Waals surface area contributed by atoms with Crippen LogP contribution in [0.2, 0.25) is 0 Å². The molecule has 0 aliphatic rings. The van der Waals surface area contributed by atoms with E-state index < -0.39 is 23.2 Å². The maximum Gasteiger partial charge on any atom is 0.343 e. The molecular weight excluding hydrogens is 208 g/mol. The lowest BCUT2D eigenvalue weighted by atomic mass is 10.2.